The highest BCUT2D eigenvalue weighted by Crippen LogP contribution is 2.21. The Labute approximate surface area is 97.3 Å². The van der Waals surface area contributed by atoms with Gasteiger partial charge in [0.05, 0.1) is 12.1 Å². The second-order valence-electron chi connectivity index (χ2n) is 3.63. The molecule has 1 aromatic carbocycles. The van der Waals surface area contributed by atoms with Crippen molar-refractivity contribution in [3.63, 3.8) is 0 Å². The van der Waals surface area contributed by atoms with Crippen molar-refractivity contribution in [2.45, 2.75) is 6.54 Å². The average Bonchev–Trinajstić information content (AvgIpc) is 2.87. The topological polar surface area (TPSA) is 77.8 Å². The SMILES string of the molecule is NCc1noc(-c2ccc3ncccc3c2)n1. The maximum Gasteiger partial charge on any atom is 0.257 e. The van der Waals surface area contributed by atoms with Gasteiger partial charge in [0.15, 0.2) is 5.82 Å². The Hall–Kier alpha value is -2.27. The zero-order valence-electron chi connectivity index (χ0n) is 9.00. The zero-order chi connectivity index (χ0) is 11.7. The third-order valence-corrected chi connectivity index (χ3v) is 2.50. The lowest BCUT2D eigenvalue weighted by molar-refractivity contribution is 0.423. The van der Waals surface area contributed by atoms with Gasteiger partial charge in [-0.2, -0.15) is 4.98 Å². The number of fused-ring (bicyclic) bond motifs is 1. The molecule has 0 aliphatic rings. The van der Waals surface area contributed by atoms with Gasteiger partial charge in [0, 0.05) is 17.1 Å². The Morgan fingerprint density at radius 1 is 1.24 bits per heavy atom. The summed E-state index contributed by atoms with van der Waals surface area (Å²) in [6.45, 7) is 0.276. The molecule has 0 atom stereocenters. The first kappa shape index (κ1) is 9.92. The van der Waals surface area contributed by atoms with Gasteiger partial charge in [-0.15, -0.1) is 0 Å². The minimum Gasteiger partial charge on any atom is -0.334 e. The third kappa shape index (κ3) is 1.76. The molecule has 0 amide bonds. The number of pyridine rings is 1. The lowest BCUT2D eigenvalue weighted by Gasteiger charge is -1.98. The summed E-state index contributed by atoms with van der Waals surface area (Å²) in [4.78, 5) is 8.43. The van der Waals surface area contributed by atoms with Crippen LogP contribution < -0.4 is 5.73 Å². The number of rotatable bonds is 2. The summed E-state index contributed by atoms with van der Waals surface area (Å²) in [6, 6.07) is 9.69. The Morgan fingerprint density at radius 3 is 3.00 bits per heavy atom. The van der Waals surface area contributed by atoms with Crippen molar-refractivity contribution in [3.05, 3.63) is 42.4 Å². The molecular formula is C12H10N4O. The van der Waals surface area contributed by atoms with Crippen molar-refractivity contribution in [3.8, 4) is 11.5 Å². The van der Waals surface area contributed by atoms with Crippen LogP contribution in [-0.4, -0.2) is 15.1 Å². The fraction of sp³-hybridized carbons (Fsp3) is 0.0833. The molecule has 3 rings (SSSR count). The quantitative estimate of drug-likeness (QED) is 0.720. The largest absolute Gasteiger partial charge is 0.334 e. The van der Waals surface area contributed by atoms with E-state index in [1.54, 1.807) is 6.20 Å². The predicted molar refractivity (Wildman–Crippen MR) is 62.9 cm³/mol. The number of hydrogen-bond donors (Lipinski definition) is 1. The molecular weight excluding hydrogens is 216 g/mol. The van der Waals surface area contributed by atoms with Crippen molar-refractivity contribution < 1.29 is 4.52 Å². The number of nitrogens with zero attached hydrogens (tertiary/aromatic N) is 3. The van der Waals surface area contributed by atoms with E-state index >= 15 is 0 Å². The van der Waals surface area contributed by atoms with Gasteiger partial charge in [0.2, 0.25) is 0 Å². The van der Waals surface area contributed by atoms with Gasteiger partial charge in [0.25, 0.3) is 5.89 Å². The molecule has 3 aromatic rings. The minimum absolute atomic E-state index is 0.276. The molecule has 5 heteroatoms. The molecule has 0 aliphatic heterocycles. The van der Waals surface area contributed by atoms with E-state index in [9.17, 15) is 0 Å². The fourth-order valence-corrected chi connectivity index (χ4v) is 1.66. The summed E-state index contributed by atoms with van der Waals surface area (Å²) in [6.07, 6.45) is 1.77. The summed E-state index contributed by atoms with van der Waals surface area (Å²) in [5, 5.41) is 4.80. The van der Waals surface area contributed by atoms with E-state index in [-0.39, 0.29) is 6.54 Å². The van der Waals surface area contributed by atoms with Gasteiger partial charge in [0.1, 0.15) is 0 Å². The van der Waals surface area contributed by atoms with Crippen molar-refractivity contribution in [2.24, 2.45) is 5.73 Å². The Balaban J connectivity index is 2.11. The Bertz CT molecular complexity index is 662. The van der Waals surface area contributed by atoms with E-state index in [1.807, 2.05) is 30.3 Å². The first-order valence-electron chi connectivity index (χ1n) is 5.24. The van der Waals surface area contributed by atoms with Gasteiger partial charge in [-0.3, -0.25) is 4.98 Å². The molecule has 84 valence electrons. The standard InChI is InChI=1S/C12H10N4O/c13-7-11-15-12(17-16-11)9-3-4-10-8(6-9)2-1-5-14-10/h1-6H,7,13H2. The van der Waals surface area contributed by atoms with Crippen LogP contribution in [0.3, 0.4) is 0 Å². The molecule has 0 fully saturated rings. The van der Waals surface area contributed by atoms with Gasteiger partial charge < -0.3 is 10.3 Å². The monoisotopic (exact) mass is 226 g/mol. The second kappa shape index (κ2) is 3.95. The fourth-order valence-electron chi connectivity index (χ4n) is 1.66. The molecule has 0 bridgehead atoms. The van der Waals surface area contributed by atoms with Gasteiger partial charge >= 0.3 is 0 Å². The minimum atomic E-state index is 0.276. The highest BCUT2D eigenvalue weighted by atomic mass is 16.5. The molecule has 2 heterocycles. The van der Waals surface area contributed by atoms with E-state index in [4.69, 9.17) is 10.3 Å². The number of aromatic nitrogens is 3. The highest BCUT2D eigenvalue weighted by molar-refractivity contribution is 5.82. The summed E-state index contributed by atoms with van der Waals surface area (Å²) < 4.78 is 5.13. The summed E-state index contributed by atoms with van der Waals surface area (Å²) in [5.74, 6) is 0.988. The van der Waals surface area contributed by atoms with E-state index in [1.165, 1.54) is 0 Å². The van der Waals surface area contributed by atoms with Gasteiger partial charge in [-0.05, 0) is 24.3 Å². The molecule has 0 saturated heterocycles. The summed E-state index contributed by atoms with van der Waals surface area (Å²) in [5.41, 5.74) is 7.25. The van der Waals surface area contributed by atoms with Crippen LogP contribution in [0.15, 0.2) is 41.1 Å². The average molecular weight is 226 g/mol. The van der Waals surface area contributed by atoms with Crippen molar-refractivity contribution in [2.75, 3.05) is 0 Å². The molecule has 0 radical (unpaired) electrons. The van der Waals surface area contributed by atoms with Gasteiger partial charge in [-0.1, -0.05) is 11.2 Å². The first-order valence-corrected chi connectivity index (χ1v) is 5.24. The molecule has 0 aliphatic carbocycles. The Kier molecular flexibility index (Phi) is 2.31. The maximum atomic E-state index is 5.44. The zero-order valence-corrected chi connectivity index (χ0v) is 9.00. The van der Waals surface area contributed by atoms with Crippen LogP contribution >= 0.6 is 0 Å². The summed E-state index contributed by atoms with van der Waals surface area (Å²) in [7, 11) is 0. The predicted octanol–water partition coefficient (Wildman–Crippen LogP) is 1.74. The summed E-state index contributed by atoms with van der Waals surface area (Å²) >= 11 is 0. The molecule has 2 aromatic heterocycles. The highest BCUT2D eigenvalue weighted by Gasteiger charge is 2.08. The van der Waals surface area contributed by atoms with Crippen LogP contribution in [0.1, 0.15) is 5.82 Å². The van der Waals surface area contributed by atoms with Crippen LogP contribution in [-0.2, 0) is 6.54 Å². The molecule has 2 N–H and O–H groups in total. The molecule has 0 saturated carbocycles. The van der Waals surface area contributed by atoms with E-state index in [2.05, 4.69) is 15.1 Å². The van der Waals surface area contributed by atoms with Crippen LogP contribution in [0, 0.1) is 0 Å². The van der Waals surface area contributed by atoms with E-state index < -0.39 is 0 Å². The Morgan fingerprint density at radius 2 is 2.18 bits per heavy atom. The number of benzene rings is 1. The first-order chi connectivity index (χ1) is 8.36. The molecule has 17 heavy (non-hydrogen) atoms. The van der Waals surface area contributed by atoms with Crippen molar-refractivity contribution in [1.82, 2.24) is 15.1 Å². The molecule has 0 spiro atoms. The number of nitrogens with two attached hydrogens (primary N) is 1. The molecule has 0 unspecified atom stereocenters. The lowest BCUT2D eigenvalue weighted by Crippen LogP contribution is -1.97. The maximum absolute atomic E-state index is 5.44. The van der Waals surface area contributed by atoms with Crippen LogP contribution in [0.25, 0.3) is 22.4 Å². The lowest BCUT2D eigenvalue weighted by atomic mass is 10.1. The third-order valence-electron chi connectivity index (χ3n) is 2.50. The van der Waals surface area contributed by atoms with Crippen molar-refractivity contribution in [1.29, 1.82) is 0 Å². The second-order valence-corrected chi connectivity index (χ2v) is 3.63. The van der Waals surface area contributed by atoms with E-state index in [0.29, 0.717) is 11.7 Å². The van der Waals surface area contributed by atoms with E-state index in [0.717, 1.165) is 16.5 Å². The number of hydrogen-bond acceptors (Lipinski definition) is 5. The van der Waals surface area contributed by atoms with Crippen LogP contribution in [0.5, 0.6) is 0 Å². The van der Waals surface area contributed by atoms with Crippen molar-refractivity contribution >= 4 is 10.9 Å². The van der Waals surface area contributed by atoms with Crippen LogP contribution in [0.2, 0.25) is 0 Å². The normalized spacial score (nSPS) is 10.9. The molecule has 5 nitrogen and oxygen atoms in total. The van der Waals surface area contributed by atoms with Gasteiger partial charge in [-0.25, -0.2) is 0 Å². The van der Waals surface area contributed by atoms with Crippen LogP contribution in [0.4, 0.5) is 0 Å². The smallest absolute Gasteiger partial charge is 0.257 e.